The smallest absolute Gasteiger partial charge is 0.414 e. The highest BCUT2D eigenvalue weighted by Crippen LogP contribution is 2.42. The van der Waals surface area contributed by atoms with Gasteiger partial charge < -0.3 is 19.7 Å². The Morgan fingerprint density at radius 1 is 1.21 bits per heavy atom. The summed E-state index contributed by atoms with van der Waals surface area (Å²) in [7, 11) is 0.667. The lowest BCUT2D eigenvalue weighted by Crippen LogP contribution is -2.56. The van der Waals surface area contributed by atoms with Crippen LogP contribution in [0.2, 0.25) is 0 Å². The summed E-state index contributed by atoms with van der Waals surface area (Å²) in [5, 5.41) is 6.57. The summed E-state index contributed by atoms with van der Waals surface area (Å²) in [5.41, 5.74) is 0.672. The van der Waals surface area contributed by atoms with Crippen LogP contribution in [0.15, 0.2) is 41.6 Å². The minimum absolute atomic E-state index is 0.0567. The summed E-state index contributed by atoms with van der Waals surface area (Å²) in [6, 6.07) is 5.72. The Bertz CT molecular complexity index is 1280. The number of carbonyl (C=O) groups excluding carboxylic acids is 3. The normalized spacial score (nSPS) is 18.0. The average Bonchev–Trinajstić information content (AvgIpc) is 3.43. The van der Waals surface area contributed by atoms with E-state index in [1.807, 2.05) is 0 Å². The molecule has 1 N–H and O–H groups in total. The van der Waals surface area contributed by atoms with Crippen LogP contribution in [-0.2, 0) is 37.8 Å². The standard InChI is InChI=1S/C24H33N5O7S2/c1-7-35-22(31)18(14-16-8-10-17(11-9-16)36-23(32)27(4)5)25-21(30)20-24(2,3)37-15-29(20)38(33,34)19-12-13-28(6)26-19/h8-13,18,20H,7,14-15H2,1-6H3,(H,25,30)/t18-,20+/m0/s1. The van der Waals surface area contributed by atoms with Crippen molar-refractivity contribution in [3.63, 3.8) is 0 Å². The lowest BCUT2D eigenvalue weighted by atomic mass is 10.0. The third kappa shape index (κ3) is 6.66. The van der Waals surface area contributed by atoms with Gasteiger partial charge in [0.2, 0.25) is 5.91 Å². The molecule has 0 spiro atoms. The van der Waals surface area contributed by atoms with Crippen LogP contribution in [0.1, 0.15) is 26.3 Å². The molecule has 0 unspecified atom stereocenters. The van der Waals surface area contributed by atoms with E-state index in [4.69, 9.17) is 9.47 Å². The van der Waals surface area contributed by atoms with Gasteiger partial charge in [-0.05, 0) is 44.5 Å². The number of aromatic nitrogens is 2. The van der Waals surface area contributed by atoms with Crippen LogP contribution in [0.3, 0.4) is 0 Å². The first-order chi connectivity index (χ1) is 17.8. The SMILES string of the molecule is CCOC(=O)[C@H](Cc1ccc(OC(=O)N(C)C)cc1)NC(=O)[C@H]1N(S(=O)(=O)c2ccn(C)n2)CSC1(C)C. The van der Waals surface area contributed by atoms with Crippen molar-refractivity contribution in [1.29, 1.82) is 0 Å². The maximum Gasteiger partial charge on any atom is 0.414 e. The van der Waals surface area contributed by atoms with Crippen LogP contribution in [-0.4, -0.2) is 88.8 Å². The van der Waals surface area contributed by atoms with Crippen LogP contribution in [0, 0.1) is 0 Å². The van der Waals surface area contributed by atoms with Crippen molar-refractivity contribution in [1.82, 2.24) is 24.3 Å². The molecule has 2 amide bonds. The molecule has 2 aromatic rings. The molecule has 0 saturated carbocycles. The number of sulfonamides is 1. The Morgan fingerprint density at radius 3 is 2.42 bits per heavy atom. The van der Waals surface area contributed by atoms with Crippen LogP contribution >= 0.6 is 11.8 Å². The number of esters is 1. The minimum atomic E-state index is -4.07. The fourth-order valence-electron chi connectivity index (χ4n) is 3.84. The van der Waals surface area contributed by atoms with Crippen molar-refractivity contribution in [2.75, 3.05) is 26.6 Å². The number of nitrogens with zero attached hydrogens (tertiary/aromatic N) is 4. The summed E-state index contributed by atoms with van der Waals surface area (Å²) >= 11 is 1.32. The zero-order valence-corrected chi connectivity index (χ0v) is 23.8. The van der Waals surface area contributed by atoms with E-state index in [9.17, 15) is 22.8 Å². The molecule has 3 rings (SSSR count). The molecule has 2 atom stereocenters. The first kappa shape index (κ1) is 29.5. The number of ether oxygens (including phenoxy) is 2. The maximum absolute atomic E-state index is 13.6. The molecule has 1 aliphatic heterocycles. The van der Waals surface area contributed by atoms with Gasteiger partial charge in [0.25, 0.3) is 10.0 Å². The lowest BCUT2D eigenvalue weighted by molar-refractivity contribution is -0.147. The Morgan fingerprint density at radius 2 is 1.87 bits per heavy atom. The fourth-order valence-corrected chi connectivity index (χ4v) is 6.97. The van der Waals surface area contributed by atoms with E-state index >= 15 is 0 Å². The van der Waals surface area contributed by atoms with Gasteiger partial charge in [0.1, 0.15) is 17.8 Å². The van der Waals surface area contributed by atoms with Gasteiger partial charge in [0.15, 0.2) is 5.03 Å². The number of hydrogen-bond donors (Lipinski definition) is 1. The van der Waals surface area contributed by atoms with E-state index in [0.717, 1.165) is 4.31 Å². The molecule has 0 radical (unpaired) electrons. The molecule has 1 aromatic heterocycles. The summed E-state index contributed by atoms with van der Waals surface area (Å²) in [4.78, 5) is 39.4. The quantitative estimate of drug-likeness (QED) is 0.448. The van der Waals surface area contributed by atoms with Gasteiger partial charge >= 0.3 is 12.1 Å². The molecule has 2 heterocycles. The van der Waals surface area contributed by atoms with Crippen molar-refractivity contribution < 1.29 is 32.3 Å². The predicted molar refractivity (Wildman–Crippen MR) is 141 cm³/mol. The zero-order chi connectivity index (χ0) is 28.3. The van der Waals surface area contributed by atoms with Gasteiger partial charge in [0, 0.05) is 38.5 Å². The second-order valence-electron chi connectivity index (χ2n) is 9.42. The second-order valence-corrected chi connectivity index (χ2v) is 12.9. The van der Waals surface area contributed by atoms with E-state index in [1.165, 1.54) is 33.6 Å². The highest BCUT2D eigenvalue weighted by molar-refractivity contribution is 8.02. The maximum atomic E-state index is 13.6. The number of nitrogens with one attached hydrogen (secondary N) is 1. The van der Waals surface area contributed by atoms with E-state index in [2.05, 4.69) is 10.4 Å². The number of thioether (sulfide) groups is 1. The molecule has 38 heavy (non-hydrogen) atoms. The topological polar surface area (TPSA) is 140 Å². The van der Waals surface area contributed by atoms with Crippen molar-refractivity contribution in [3.8, 4) is 5.75 Å². The number of aryl methyl sites for hydroxylation is 1. The summed E-state index contributed by atoms with van der Waals surface area (Å²) < 4.78 is 38.8. The van der Waals surface area contributed by atoms with E-state index in [1.54, 1.807) is 66.2 Å². The number of carbonyl (C=O) groups is 3. The van der Waals surface area contributed by atoms with E-state index in [0.29, 0.717) is 11.3 Å². The summed E-state index contributed by atoms with van der Waals surface area (Å²) in [6.45, 7) is 5.32. The Hall–Kier alpha value is -3.10. The van der Waals surface area contributed by atoms with E-state index < -0.39 is 44.8 Å². The third-order valence-corrected chi connectivity index (χ3v) is 9.08. The van der Waals surface area contributed by atoms with Crippen molar-refractivity contribution in [3.05, 3.63) is 42.1 Å². The van der Waals surface area contributed by atoms with Crippen molar-refractivity contribution in [2.24, 2.45) is 7.05 Å². The highest BCUT2D eigenvalue weighted by atomic mass is 32.2. The number of benzene rings is 1. The van der Waals surface area contributed by atoms with Crippen LogP contribution in [0.5, 0.6) is 5.75 Å². The molecule has 12 nitrogen and oxygen atoms in total. The molecular weight excluding hydrogens is 534 g/mol. The van der Waals surface area contributed by atoms with Gasteiger partial charge in [-0.1, -0.05) is 12.1 Å². The molecule has 1 aromatic carbocycles. The molecule has 208 valence electrons. The Balaban J connectivity index is 1.82. The minimum Gasteiger partial charge on any atom is -0.464 e. The van der Waals surface area contributed by atoms with Gasteiger partial charge in [-0.15, -0.1) is 11.8 Å². The van der Waals surface area contributed by atoms with E-state index in [-0.39, 0.29) is 23.9 Å². The fraction of sp³-hybridized carbons (Fsp3) is 0.500. The second kappa shape index (κ2) is 11.7. The van der Waals surface area contributed by atoms with Gasteiger partial charge in [-0.2, -0.15) is 9.40 Å². The molecular formula is C24H33N5O7S2. The Kier molecular flexibility index (Phi) is 9.10. The summed E-state index contributed by atoms with van der Waals surface area (Å²) in [5.74, 6) is -0.883. The van der Waals surface area contributed by atoms with Gasteiger partial charge in [-0.25, -0.2) is 18.0 Å². The van der Waals surface area contributed by atoms with Crippen LogP contribution < -0.4 is 10.1 Å². The molecule has 1 saturated heterocycles. The van der Waals surface area contributed by atoms with Crippen LogP contribution in [0.25, 0.3) is 0 Å². The monoisotopic (exact) mass is 567 g/mol. The largest absolute Gasteiger partial charge is 0.464 e. The summed E-state index contributed by atoms with van der Waals surface area (Å²) in [6.07, 6.45) is 1.07. The molecule has 1 aliphatic rings. The molecule has 1 fully saturated rings. The molecule has 14 heteroatoms. The highest BCUT2D eigenvalue weighted by Gasteiger charge is 2.52. The first-order valence-electron chi connectivity index (χ1n) is 11.9. The number of hydrogen-bond acceptors (Lipinski definition) is 9. The van der Waals surface area contributed by atoms with Gasteiger partial charge in [0.05, 0.1) is 12.5 Å². The van der Waals surface area contributed by atoms with Crippen molar-refractivity contribution >= 4 is 39.8 Å². The third-order valence-electron chi connectivity index (χ3n) is 5.84. The van der Waals surface area contributed by atoms with Gasteiger partial charge in [-0.3, -0.25) is 9.48 Å². The predicted octanol–water partition coefficient (Wildman–Crippen LogP) is 1.61. The average molecular weight is 568 g/mol. The molecule has 0 bridgehead atoms. The van der Waals surface area contributed by atoms with Crippen LogP contribution in [0.4, 0.5) is 4.79 Å². The van der Waals surface area contributed by atoms with Crippen molar-refractivity contribution in [2.45, 2.75) is 49.0 Å². The first-order valence-corrected chi connectivity index (χ1v) is 14.3. The number of rotatable bonds is 9. The Labute approximate surface area is 226 Å². The molecule has 0 aliphatic carbocycles. The zero-order valence-electron chi connectivity index (χ0n) is 22.2. The number of amides is 2. The lowest BCUT2D eigenvalue weighted by Gasteiger charge is -2.30.